The normalized spacial score (nSPS) is 18.7. The van der Waals surface area contributed by atoms with Gasteiger partial charge < -0.3 is 10.5 Å². The third-order valence-corrected chi connectivity index (χ3v) is 2.52. The van der Waals surface area contributed by atoms with Crippen molar-refractivity contribution in [3.8, 4) is 5.88 Å². The van der Waals surface area contributed by atoms with Crippen molar-refractivity contribution < 1.29 is 4.74 Å². The number of ether oxygens (including phenoxy) is 1. The van der Waals surface area contributed by atoms with Crippen LogP contribution in [-0.2, 0) is 13.5 Å². The molecule has 1 aromatic rings. The second kappa shape index (κ2) is 2.73. The second-order valence-electron chi connectivity index (χ2n) is 3.84. The lowest BCUT2D eigenvalue weighted by Crippen LogP contribution is -2.24. The number of aryl methyl sites for hydroxylation is 1. The summed E-state index contributed by atoms with van der Waals surface area (Å²) in [5.74, 6) is 0.791. The highest BCUT2D eigenvalue weighted by Crippen LogP contribution is 2.35. The van der Waals surface area contributed by atoms with Crippen LogP contribution in [0.1, 0.15) is 18.5 Å². The summed E-state index contributed by atoms with van der Waals surface area (Å²) >= 11 is 0. The maximum Gasteiger partial charge on any atom is 0.211 e. The molecule has 1 aromatic heterocycles. The lowest BCUT2D eigenvalue weighted by atomic mass is 10.1. The fourth-order valence-corrected chi connectivity index (χ4v) is 1.48. The SMILES string of the molecule is COc1cc(CC2(N)CC2)nn1C. The van der Waals surface area contributed by atoms with Crippen LogP contribution in [0, 0.1) is 0 Å². The molecule has 1 aliphatic rings. The van der Waals surface area contributed by atoms with Crippen LogP contribution < -0.4 is 10.5 Å². The first-order valence-electron chi connectivity index (χ1n) is 4.49. The van der Waals surface area contributed by atoms with Crippen molar-refractivity contribution in [1.29, 1.82) is 0 Å². The molecule has 1 aliphatic carbocycles. The van der Waals surface area contributed by atoms with E-state index in [0.29, 0.717) is 0 Å². The van der Waals surface area contributed by atoms with Crippen LogP contribution in [0.15, 0.2) is 6.07 Å². The molecule has 2 N–H and O–H groups in total. The fourth-order valence-electron chi connectivity index (χ4n) is 1.48. The van der Waals surface area contributed by atoms with Crippen LogP contribution in [0.4, 0.5) is 0 Å². The monoisotopic (exact) mass is 181 g/mol. The van der Waals surface area contributed by atoms with Crippen molar-refractivity contribution in [2.75, 3.05) is 7.11 Å². The fraction of sp³-hybridized carbons (Fsp3) is 0.667. The van der Waals surface area contributed by atoms with Gasteiger partial charge in [0.05, 0.1) is 12.8 Å². The number of hydrogen-bond donors (Lipinski definition) is 1. The van der Waals surface area contributed by atoms with Crippen LogP contribution in [0.5, 0.6) is 5.88 Å². The van der Waals surface area contributed by atoms with Crippen LogP contribution in [-0.4, -0.2) is 22.4 Å². The summed E-state index contributed by atoms with van der Waals surface area (Å²) in [6.45, 7) is 0. The van der Waals surface area contributed by atoms with Crippen LogP contribution in [0.2, 0.25) is 0 Å². The first-order valence-corrected chi connectivity index (χ1v) is 4.49. The molecule has 1 saturated carbocycles. The quantitative estimate of drug-likeness (QED) is 0.737. The van der Waals surface area contributed by atoms with E-state index in [-0.39, 0.29) is 5.54 Å². The predicted molar refractivity (Wildman–Crippen MR) is 49.6 cm³/mol. The van der Waals surface area contributed by atoms with Crippen molar-refractivity contribution in [1.82, 2.24) is 9.78 Å². The van der Waals surface area contributed by atoms with Crippen LogP contribution in [0.25, 0.3) is 0 Å². The van der Waals surface area contributed by atoms with Gasteiger partial charge in [0, 0.05) is 25.1 Å². The zero-order valence-electron chi connectivity index (χ0n) is 8.08. The lowest BCUT2D eigenvalue weighted by molar-refractivity contribution is 0.373. The van der Waals surface area contributed by atoms with Crippen molar-refractivity contribution in [3.05, 3.63) is 11.8 Å². The van der Waals surface area contributed by atoms with E-state index in [2.05, 4.69) is 5.10 Å². The Morgan fingerprint density at radius 3 is 2.85 bits per heavy atom. The summed E-state index contributed by atoms with van der Waals surface area (Å²) in [5.41, 5.74) is 7.04. The third kappa shape index (κ3) is 1.67. The summed E-state index contributed by atoms with van der Waals surface area (Å²) in [7, 11) is 3.52. The Kier molecular flexibility index (Phi) is 1.80. The van der Waals surface area contributed by atoms with E-state index in [1.54, 1.807) is 11.8 Å². The van der Waals surface area contributed by atoms with Gasteiger partial charge in [-0.15, -0.1) is 0 Å². The predicted octanol–water partition coefficient (Wildman–Crippen LogP) is 0.462. The van der Waals surface area contributed by atoms with E-state index in [4.69, 9.17) is 10.5 Å². The number of methoxy groups -OCH3 is 1. The Labute approximate surface area is 77.7 Å². The van der Waals surface area contributed by atoms with Crippen LogP contribution in [0.3, 0.4) is 0 Å². The zero-order valence-corrected chi connectivity index (χ0v) is 8.08. The average Bonchev–Trinajstić information content (AvgIpc) is 2.67. The Bertz CT molecular complexity index is 315. The molecule has 0 unspecified atom stereocenters. The van der Waals surface area contributed by atoms with Gasteiger partial charge in [-0.2, -0.15) is 5.10 Å². The highest BCUT2D eigenvalue weighted by molar-refractivity contribution is 5.20. The molecule has 2 rings (SSSR count). The molecule has 0 spiro atoms. The molecule has 72 valence electrons. The van der Waals surface area contributed by atoms with Gasteiger partial charge in [0.2, 0.25) is 5.88 Å². The molecule has 0 atom stereocenters. The molecular formula is C9H15N3O. The third-order valence-electron chi connectivity index (χ3n) is 2.52. The summed E-state index contributed by atoms with van der Waals surface area (Å²) < 4.78 is 6.86. The van der Waals surface area contributed by atoms with Crippen molar-refractivity contribution >= 4 is 0 Å². The highest BCUT2D eigenvalue weighted by atomic mass is 16.5. The van der Waals surface area contributed by atoms with Gasteiger partial charge in [-0.05, 0) is 12.8 Å². The summed E-state index contributed by atoms with van der Waals surface area (Å²) in [5, 5.41) is 4.32. The minimum Gasteiger partial charge on any atom is -0.481 e. The molecule has 1 heterocycles. The Morgan fingerprint density at radius 1 is 1.69 bits per heavy atom. The molecule has 13 heavy (non-hydrogen) atoms. The number of aromatic nitrogens is 2. The van der Waals surface area contributed by atoms with Gasteiger partial charge in [-0.25, -0.2) is 4.68 Å². The van der Waals surface area contributed by atoms with Gasteiger partial charge in [0.1, 0.15) is 0 Å². The minimum absolute atomic E-state index is 0.0271. The summed E-state index contributed by atoms with van der Waals surface area (Å²) in [6, 6.07) is 1.95. The molecule has 4 nitrogen and oxygen atoms in total. The minimum atomic E-state index is 0.0271. The zero-order chi connectivity index (χ0) is 9.47. The topological polar surface area (TPSA) is 53.1 Å². The lowest BCUT2D eigenvalue weighted by Gasteiger charge is -2.03. The van der Waals surface area contributed by atoms with E-state index in [1.165, 1.54) is 0 Å². The van der Waals surface area contributed by atoms with Crippen molar-refractivity contribution in [3.63, 3.8) is 0 Å². The molecule has 0 aliphatic heterocycles. The van der Waals surface area contributed by atoms with Crippen molar-refractivity contribution in [2.45, 2.75) is 24.8 Å². The molecule has 0 bridgehead atoms. The van der Waals surface area contributed by atoms with Gasteiger partial charge >= 0.3 is 0 Å². The average molecular weight is 181 g/mol. The van der Waals surface area contributed by atoms with E-state index < -0.39 is 0 Å². The molecule has 0 aromatic carbocycles. The van der Waals surface area contributed by atoms with Gasteiger partial charge in [0.15, 0.2) is 0 Å². The molecule has 0 saturated heterocycles. The number of nitrogens with two attached hydrogens (primary N) is 1. The van der Waals surface area contributed by atoms with Gasteiger partial charge in [0.25, 0.3) is 0 Å². The first kappa shape index (κ1) is 8.56. The highest BCUT2D eigenvalue weighted by Gasteiger charge is 2.38. The first-order chi connectivity index (χ1) is 6.13. The summed E-state index contributed by atoms with van der Waals surface area (Å²) in [4.78, 5) is 0. The maximum absolute atomic E-state index is 5.99. The standard InChI is InChI=1S/C9H15N3O/c1-12-8(13-2)5-7(11-12)6-9(10)3-4-9/h5H,3-4,6,10H2,1-2H3. The summed E-state index contributed by atoms with van der Waals surface area (Å²) in [6.07, 6.45) is 3.10. The number of nitrogens with zero attached hydrogens (tertiary/aromatic N) is 2. The largest absolute Gasteiger partial charge is 0.481 e. The molecule has 1 fully saturated rings. The van der Waals surface area contributed by atoms with Crippen LogP contribution >= 0.6 is 0 Å². The Morgan fingerprint density at radius 2 is 2.38 bits per heavy atom. The van der Waals surface area contributed by atoms with E-state index >= 15 is 0 Å². The van der Waals surface area contributed by atoms with Gasteiger partial charge in [-0.1, -0.05) is 0 Å². The second-order valence-corrected chi connectivity index (χ2v) is 3.84. The molecule has 4 heteroatoms. The molecule has 0 amide bonds. The van der Waals surface area contributed by atoms with Crippen molar-refractivity contribution in [2.24, 2.45) is 12.8 Å². The molecule has 0 radical (unpaired) electrons. The number of rotatable bonds is 3. The Balaban J connectivity index is 2.12. The van der Waals surface area contributed by atoms with E-state index in [0.717, 1.165) is 30.8 Å². The number of hydrogen-bond acceptors (Lipinski definition) is 3. The molecular weight excluding hydrogens is 166 g/mol. The maximum atomic E-state index is 5.99. The van der Waals surface area contributed by atoms with E-state index in [9.17, 15) is 0 Å². The van der Waals surface area contributed by atoms with Gasteiger partial charge in [-0.3, -0.25) is 0 Å². The van der Waals surface area contributed by atoms with E-state index in [1.807, 2.05) is 13.1 Å². The smallest absolute Gasteiger partial charge is 0.211 e. The Hall–Kier alpha value is -1.03.